The third-order valence-corrected chi connectivity index (χ3v) is 8.07. The first-order valence-electron chi connectivity index (χ1n) is 13.4. The molecule has 4 aliphatic rings. The highest BCUT2D eigenvalue weighted by Crippen LogP contribution is 2.37. The van der Waals surface area contributed by atoms with Crippen LogP contribution in [-0.2, 0) is 9.47 Å². The van der Waals surface area contributed by atoms with Crippen LogP contribution in [-0.4, -0.2) is 74.1 Å². The molecule has 1 aliphatic carbocycles. The number of fused-ring (bicyclic) bond motifs is 2. The number of benzene rings is 2. The SMILES string of the molecule is CC(C)c1cc(N2CCCN(C(=O)OC(C)(C)C)CC2)cc2sc3cc(=[N+]4CCOCC4)ccc-3nc12. The molecule has 1 amide bonds. The van der Waals surface area contributed by atoms with Crippen LogP contribution in [0.25, 0.3) is 20.8 Å². The van der Waals surface area contributed by atoms with Crippen molar-refractivity contribution >= 4 is 33.3 Å². The van der Waals surface area contributed by atoms with Crippen molar-refractivity contribution in [2.45, 2.75) is 52.6 Å². The predicted molar refractivity (Wildman–Crippen MR) is 151 cm³/mol. The molecule has 0 radical (unpaired) electrons. The summed E-state index contributed by atoms with van der Waals surface area (Å²) in [6, 6.07) is 11.2. The molecule has 1 aromatic carbocycles. The molecular formula is C29H39N4O3S+. The molecule has 0 N–H and O–H groups in total. The smallest absolute Gasteiger partial charge is 0.410 e. The summed E-state index contributed by atoms with van der Waals surface area (Å²) in [4.78, 5) is 23.3. The molecule has 3 heterocycles. The van der Waals surface area contributed by atoms with Crippen LogP contribution in [0.5, 0.6) is 0 Å². The van der Waals surface area contributed by atoms with Gasteiger partial charge in [0.15, 0.2) is 13.1 Å². The third kappa shape index (κ3) is 5.91. The van der Waals surface area contributed by atoms with Crippen LogP contribution in [0.4, 0.5) is 10.5 Å². The number of morpholine rings is 1. The lowest BCUT2D eigenvalue weighted by Crippen LogP contribution is -2.39. The Morgan fingerprint density at radius 2 is 1.86 bits per heavy atom. The van der Waals surface area contributed by atoms with Gasteiger partial charge >= 0.3 is 6.09 Å². The molecule has 0 aromatic heterocycles. The van der Waals surface area contributed by atoms with Gasteiger partial charge in [0.2, 0.25) is 5.36 Å². The molecule has 0 atom stereocenters. The van der Waals surface area contributed by atoms with Gasteiger partial charge in [0.25, 0.3) is 0 Å². The summed E-state index contributed by atoms with van der Waals surface area (Å²) in [5, 5.41) is 1.24. The molecule has 0 unspecified atom stereocenters. The zero-order valence-electron chi connectivity index (χ0n) is 22.7. The average molecular weight is 524 g/mol. The van der Waals surface area contributed by atoms with Crippen LogP contribution in [0.2, 0.25) is 0 Å². The van der Waals surface area contributed by atoms with Crippen molar-refractivity contribution in [3.8, 4) is 10.6 Å². The highest BCUT2D eigenvalue weighted by Gasteiger charge is 2.25. The van der Waals surface area contributed by atoms with Gasteiger partial charge in [-0.25, -0.2) is 14.4 Å². The fourth-order valence-corrected chi connectivity index (χ4v) is 6.13. The Hall–Kier alpha value is -2.71. The van der Waals surface area contributed by atoms with Gasteiger partial charge in [0.1, 0.15) is 18.8 Å². The number of nitrogens with zero attached hydrogens (tertiary/aromatic N) is 4. The van der Waals surface area contributed by atoms with Crippen LogP contribution in [0.3, 0.4) is 0 Å². The first-order chi connectivity index (χ1) is 17.7. The van der Waals surface area contributed by atoms with Crippen molar-refractivity contribution in [3.05, 3.63) is 41.3 Å². The highest BCUT2D eigenvalue weighted by molar-refractivity contribution is 7.21. The van der Waals surface area contributed by atoms with Crippen molar-refractivity contribution in [2.75, 3.05) is 57.4 Å². The molecule has 2 saturated heterocycles. The Bertz CT molecular complexity index is 1320. The standard InChI is InChI=1S/C29H39N4O3S/c1-20(2)23-17-22(31-9-6-10-33(12-11-31)28(34)36-29(3,4)5)19-26-27(23)30-24-8-7-21(18-25(24)37-26)32-13-15-35-16-14-32/h7-8,17-20H,6,9-16H2,1-5H3/q+1. The van der Waals surface area contributed by atoms with Crippen LogP contribution in [0.1, 0.15) is 52.5 Å². The lowest BCUT2D eigenvalue weighted by Gasteiger charge is -2.27. The van der Waals surface area contributed by atoms with Crippen LogP contribution in [0, 0.1) is 0 Å². The number of rotatable bonds is 2. The van der Waals surface area contributed by atoms with E-state index >= 15 is 0 Å². The van der Waals surface area contributed by atoms with Gasteiger partial charge in [-0.2, -0.15) is 0 Å². The average Bonchev–Trinajstić information content (AvgIpc) is 3.12. The summed E-state index contributed by atoms with van der Waals surface area (Å²) in [7, 11) is 0. The quantitative estimate of drug-likeness (QED) is 0.358. The Morgan fingerprint density at radius 3 is 2.59 bits per heavy atom. The minimum Gasteiger partial charge on any atom is -0.444 e. The van der Waals surface area contributed by atoms with E-state index in [1.54, 1.807) is 0 Å². The number of carbonyl (C=O) groups excluding carboxylic acids is 1. The normalized spacial score (nSPS) is 17.5. The van der Waals surface area contributed by atoms with Gasteiger partial charge in [0.05, 0.1) is 20.8 Å². The van der Waals surface area contributed by atoms with E-state index in [0.29, 0.717) is 12.5 Å². The summed E-state index contributed by atoms with van der Waals surface area (Å²) < 4.78 is 14.8. The van der Waals surface area contributed by atoms with Crippen molar-refractivity contribution < 1.29 is 14.3 Å². The van der Waals surface area contributed by atoms with Gasteiger partial charge in [-0.3, -0.25) is 0 Å². The molecule has 7 nitrogen and oxygen atoms in total. The Labute approximate surface area is 223 Å². The fourth-order valence-electron chi connectivity index (χ4n) is 5.05. The van der Waals surface area contributed by atoms with Crippen LogP contribution >= 0.6 is 11.3 Å². The molecule has 3 aliphatic heterocycles. The lowest BCUT2D eigenvalue weighted by molar-refractivity contribution is 0.0263. The number of amides is 1. The zero-order valence-corrected chi connectivity index (χ0v) is 23.6. The lowest BCUT2D eigenvalue weighted by atomic mass is 10.0. The summed E-state index contributed by atoms with van der Waals surface area (Å²) in [6.45, 7) is 16.7. The zero-order chi connectivity index (χ0) is 26.2. The fraction of sp³-hybridized carbons (Fsp3) is 0.552. The minimum atomic E-state index is -0.480. The topological polar surface area (TPSA) is 57.9 Å². The maximum Gasteiger partial charge on any atom is 0.410 e. The second-order valence-corrected chi connectivity index (χ2v) is 12.4. The molecule has 5 rings (SSSR count). The first kappa shape index (κ1) is 25.9. The molecule has 8 heteroatoms. The summed E-state index contributed by atoms with van der Waals surface area (Å²) in [6.07, 6.45) is 0.695. The summed E-state index contributed by atoms with van der Waals surface area (Å²) in [5.41, 5.74) is 4.15. The van der Waals surface area contributed by atoms with E-state index in [0.717, 1.165) is 63.6 Å². The van der Waals surface area contributed by atoms with Crippen LogP contribution in [0.15, 0.2) is 30.3 Å². The molecular weight excluding hydrogens is 484 g/mol. The molecule has 37 heavy (non-hydrogen) atoms. The largest absolute Gasteiger partial charge is 0.444 e. The Balaban J connectivity index is 1.49. The predicted octanol–water partition coefficient (Wildman–Crippen LogP) is 4.77. The molecule has 0 saturated carbocycles. The van der Waals surface area contributed by atoms with Crippen molar-refractivity contribution in [1.29, 1.82) is 0 Å². The van der Waals surface area contributed by atoms with Crippen LogP contribution < -0.4 is 14.8 Å². The van der Waals surface area contributed by atoms with E-state index in [2.05, 4.69) is 53.7 Å². The first-order valence-corrected chi connectivity index (χ1v) is 14.3. The highest BCUT2D eigenvalue weighted by atomic mass is 32.1. The molecule has 198 valence electrons. The van der Waals surface area contributed by atoms with Gasteiger partial charge in [-0.05, 0) is 56.9 Å². The number of hydrogen-bond acceptors (Lipinski definition) is 6. The Kier molecular flexibility index (Phi) is 7.41. The number of aromatic nitrogens is 1. The minimum absolute atomic E-state index is 0.218. The summed E-state index contributed by atoms with van der Waals surface area (Å²) >= 11 is 1.82. The monoisotopic (exact) mass is 523 g/mol. The molecule has 2 fully saturated rings. The molecule has 0 bridgehead atoms. The molecule has 0 spiro atoms. The number of carbonyl (C=O) groups is 1. The number of anilines is 1. The van der Waals surface area contributed by atoms with Gasteiger partial charge in [-0.1, -0.05) is 13.8 Å². The second kappa shape index (κ2) is 10.6. The van der Waals surface area contributed by atoms with Gasteiger partial charge in [0, 0.05) is 44.0 Å². The Morgan fingerprint density at radius 1 is 1.08 bits per heavy atom. The second-order valence-electron chi connectivity index (χ2n) is 11.3. The van der Waals surface area contributed by atoms with Gasteiger partial charge < -0.3 is 19.3 Å². The maximum atomic E-state index is 12.7. The number of hydrogen-bond donors (Lipinski definition) is 0. The van der Waals surface area contributed by atoms with Crippen molar-refractivity contribution in [3.63, 3.8) is 0 Å². The van der Waals surface area contributed by atoms with Gasteiger partial charge in [-0.15, -0.1) is 11.3 Å². The van der Waals surface area contributed by atoms with Crippen molar-refractivity contribution in [2.24, 2.45) is 0 Å². The van der Waals surface area contributed by atoms with Crippen molar-refractivity contribution in [1.82, 2.24) is 14.5 Å². The summed E-state index contributed by atoms with van der Waals surface area (Å²) in [5.74, 6) is 0.359. The van der Waals surface area contributed by atoms with E-state index in [1.807, 2.05) is 37.0 Å². The maximum absolute atomic E-state index is 12.7. The third-order valence-electron chi connectivity index (χ3n) is 7.00. The van der Waals surface area contributed by atoms with E-state index in [1.165, 1.54) is 26.2 Å². The van der Waals surface area contributed by atoms with E-state index in [-0.39, 0.29) is 6.09 Å². The molecule has 1 aromatic rings. The number of ether oxygens (including phenoxy) is 2. The van der Waals surface area contributed by atoms with E-state index < -0.39 is 5.60 Å². The van der Waals surface area contributed by atoms with E-state index in [4.69, 9.17) is 14.5 Å². The van der Waals surface area contributed by atoms with E-state index in [9.17, 15) is 4.79 Å².